The van der Waals surface area contributed by atoms with E-state index < -0.39 is 0 Å². The average molecular weight is 280 g/mol. The Balaban J connectivity index is 2.72. The summed E-state index contributed by atoms with van der Waals surface area (Å²) in [4.78, 5) is 0. The number of benzene rings is 1. The molecule has 3 N–H and O–H groups in total. The number of aliphatic hydroxyl groups excluding tert-OH is 1. The second kappa shape index (κ2) is 9.39. The van der Waals surface area contributed by atoms with Crippen molar-refractivity contribution >= 4 is 0 Å². The van der Waals surface area contributed by atoms with Crippen LogP contribution < -0.4 is 14.8 Å². The Labute approximate surface area is 121 Å². The zero-order valence-corrected chi connectivity index (χ0v) is 12.5. The van der Waals surface area contributed by atoms with E-state index in [4.69, 9.17) is 9.47 Å². The molecule has 0 aromatic heterocycles. The maximum absolute atomic E-state index is 9.20. The third-order valence-corrected chi connectivity index (χ3v) is 3.11. The summed E-state index contributed by atoms with van der Waals surface area (Å²) in [5.41, 5.74) is 1.16. The lowest BCUT2D eigenvalue weighted by molar-refractivity contribution is -0.706. The summed E-state index contributed by atoms with van der Waals surface area (Å²) in [5, 5.41) is 11.3. The summed E-state index contributed by atoms with van der Waals surface area (Å²) in [6.45, 7) is 9.77. The Kier molecular flexibility index (Phi) is 7.77. The number of ether oxygens (including phenoxy) is 2. The molecule has 1 atom stereocenters. The minimum absolute atomic E-state index is 0.204. The van der Waals surface area contributed by atoms with Gasteiger partial charge in [-0.15, -0.1) is 0 Å². The molecule has 0 bridgehead atoms. The molecule has 0 spiro atoms. The normalized spacial score (nSPS) is 11.9. The highest BCUT2D eigenvalue weighted by molar-refractivity contribution is 5.42. The van der Waals surface area contributed by atoms with E-state index >= 15 is 0 Å². The molecule has 4 heteroatoms. The predicted molar refractivity (Wildman–Crippen MR) is 80.1 cm³/mol. The summed E-state index contributed by atoms with van der Waals surface area (Å²) in [6, 6.07) is 6.21. The van der Waals surface area contributed by atoms with E-state index in [-0.39, 0.29) is 12.6 Å². The van der Waals surface area contributed by atoms with Gasteiger partial charge in [-0.25, -0.2) is 0 Å². The molecule has 1 rings (SSSR count). The van der Waals surface area contributed by atoms with E-state index in [9.17, 15) is 5.11 Å². The van der Waals surface area contributed by atoms with Gasteiger partial charge in [-0.05, 0) is 31.5 Å². The first-order chi connectivity index (χ1) is 9.74. The van der Waals surface area contributed by atoms with Crippen molar-refractivity contribution in [1.29, 1.82) is 0 Å². The van der Waals surface area contributed by atoms with Gasteiger partial charge in [-0.1, -0.05) is 19.6 Å². The summed E-state index contributed by atoms with van der Waals surface area (Å²) in [7, 11) is 0. The first kappa shape index (κ1) is 16.5. The number of quaternary nitrogens is 1. The Bertz CT molecular complexity index is 403. The molecule has 0 aliphatic heterocycles. The molecule has 1 aromatic carbocycles. The standard InChI is InChI=1S/C16H25NO3/c1-4-9-20-15-8-7-13(10-16(15)19-6-3)11-17-14(5-2)12-18/h4,7-8,10,14,17-18H,1,5-6,9,11-12H2,2-3H3/p+1/t14-/m0/s1. The van der Waals surface area contributed by atoms with Crippen molar-refractivity contribution in [2.24, 2.45) is 0 Å². The molecule has 0 heterocycles. The third kappa shape index (κ3) is 5.23. The summed E-state index contributed by atoms with van der Waals surface area (Å²) >= 11 is 0. The monoisotopic (exact) mass is 280 g/mol. The van der Waals surface area contributed by atoms with Gasteiger partial charge in [0.15, 0.2) is 11.5 Å². The van der Waals surface area contributed by atoms with Crippen LogP contribution in [0.1, 0.15) is 25.8 Å². The Morgan fingerprint density at radius 3 is 2.70 bits per heavy atom. The molecule has 0 aliphatic rings. The van der Waals surface area contributed by atoms with Gasteiger partial charge in [0, 0.05) is 5.56 Å². The maximum Gasteiger partial charge on any atom is 0.161 e. The summed E-state index contributed by atoms with van der Waals surface area (Å²) < 4.78 is 11.2. The molecule has 0 amide bonds. The summed E-state index contributed by atoms with van der Waals surface area (Å²) in [5.74, 6) is 1.50. The molecule has 0 fully saturated rings. The largest absolute Gasteiger partial charge is 0.490 e. The fraction of sp³-hybridized carbons (Fsp3) is 0.500. The van der Waals surface area contributed by atoms with Crippen molar-refractivity contribution in [1.82, 2.24) is 0 Å². The predicted octanol–water partition coefficient (Wildman–Crippen LogP) is 1.48. The maximum atomic E-state index is 9.20. The zero-order valence-electron chi connectivity index (χ0n) is 12.5. The highest BCUT2D eigenvalue weighted by Crippen LogP contribution is 2.28. The van der Waals surface area contributed by atoms with E-state index in [0.717, 1.165) is 30.0 Å². The molecule has 0 saturated carbocycles. The highest BCUT2D eigenvalue weighted by Gasteiger charge is 2.10. The lowest BCUT2D eigenvalue weighted by atomic mass is 10.1. The minimum atomic E-state index is 0.204. The third-order valence-electron chi connectivity index (χ3n) is 3.11. The van der Waals surface area contributed by atoms with Gasteiger partial charge in [0.25, 0.3) is 0 Å². The van der Waals surface area contributed by atoms with Crippen molar-refractivity contribution in [3.63, 3.8) is 0 Å². The molecule has 0 radical (unpaired) electrons. The zero-order chi connectivity index (χ0) is 14.8. The summed E-state index contributed by atoms with van der Waals surface area (Å²) in [6.07, 6.45) is 2.67. The van der Waals surface area contributed by atoms with Crippen molar-refractivity contribution in [2.45, 2.75) is 32.9 Å². The van der Waals surface area contributed by atoms with Crippen LogP contribution in [-0.2, 0) is 6.54 Å². The van der Waals surface area contributed by atoms with E-state index in [1.54, 1.807) is 6.08 Å². The van der Waals surface area contributed by atoms with Gasteiger partial charge < -0.3 is 19.9 Å². The molecule has 20 heavy (non-hydrogen) atoms. The first-order valence-electron chi connectivity index (χ1n) is 7.18. The van der Waals surface area contributed by atoms with Crippen LogP contribution >= 0.6 is 0 Å². The minimum Gasteiger partial charge on any atom is -0.490 e. The quantitative estimate of drug-likeness (QED) is 0.638. The van der Waals surface area contributed by atoms with Crippen LogP contribution in [0.4, 0.5) is 0 Å². The van der Waals surface area contributed by atoms with Gasteiger partial charge in [-0.2, -0.15) is 0 Å². The average Bonchev–Trinajstić information content (AvgIpc) is 2.48. The number of aliphatic hydroxyl groups is 1. The molecule has 0 unspecified atom stereocenters. The Morgan fingerprint density at radius 1 is 1.30 bits per heavy atom. The van der Waals surface area contributed by atoms with Crippen molar-refractivity contribution in [3.8, 4) is 11.5 Å². The molecular formula is C16H26NO3+. The molecule has 1 aromatic rings. The Hall–Kier alpha value is -1.52. The van der Waals surface area contributed by atoms with Crippen LogP contribution in [0.25, 0.3) is 0 Å². The van der Waals surface area contributed by atoms with Gasteiger partial charge in [-0.3, -0.25) is 0 Å². The fourth-order valence-electron chi connectivity index (χ4n) is 1.89. The first-order valence-corrected chi connectivity index (χ1v) is 7.18. The highest BCUT2D eigenvalue weighted by atomic mass is 16.5. The van der Waals surface area contributed by atoms with E-state index in [1.165, 1.54) is 0 Å². The second-order valence-electron chi connectivity index (χ2n) is 4.60. The second-order valence-corrected chi connectivity index (χ2v) is 4.60. The molecule has 0 saturated heterocycles. The smallest absolute Gasteiger partial charge is 0.161 e. The van der Waals surface area contributed by atoms with E-state index in [1.807, 2.05) is 25.1 Å². The van der Waals surface area contributed by atoms with Crippen LogP contribution in [0.3, 0.4) is 0 Å². The van der Waals surface area contributed by atoms with Crippen molar-refractivity contribution in [2.75, 3.05) is 19.8 Å². The van der Waals surface area contributed by atoms with Crippen LogP contribution in [0.2, 0.25) is 0 Å². The number of hydrogen-bond donors (Lipinski definition) is 2. The lowest BCUT2D eigenvalue weighted by Gasteiger charge is -2.14. The molecular weight excluding hydrogens is 254 g/mol. The lowest BCUT2D eigenvalue weighted by Crippen LogP contribution is -2.89. The number of nitrogens with two attached hydrogens (primary N) is 1. The van der Waals surface area contributed by atoms with Gasteiger partial charge >= 0.3 is 0 Å². The van der Waals surface area contributed by atoms with Crippen LogP contribution in [0.15, 0.2) is 30.9 Å². The SMILES string of the molecule is C=CCOc1ccc(C[NH2+][C@@H](CC)CO)cc1OCC. The van der Waals surface area contributed by atoms with Crippen LogP contribution in [-0.4, -0.2) is 31.0 Å². The molecule has 112 valence electrons. The molecule has 4 nitrogen and oxygen atoms in total. The Morgan fingerprint density at radius 2 is 2.10 bits per heavy atom. The van der Waals surface area contributed by atoms with Gasteiger partial charge in [0.05, 0.1) is 13.2 Å². The van der Waals surface area contributed by atoms with Crippen molar-refractivity contribution < 1.29 is 19.9 Å². The number of rotatable bonds is 10. The van der Waals surface area contributed by atoms with E-state index in [2.05, 4.69) is 18.8 Å². The van der Waals surface area contributed by atoms with Gasteiger partial charge in [0.2, 0.25) is 0 Å². The van der Waals surface area contributed by atoms with Crippen LogP contribution in [0, 0.1) is 0 Å². The van der Waals surface area contributed by atoms with Crippen molar-refractivity contribution in [3.05, 3.63) is 36.4 Å². The van der Waals surface area contributed by atoms with Crippen LogP contribution in [0.5, 0.6) is 11.5 Å². The fourth-order valence-corrected chi connectivity index (χ4v) is 1.89. The van der Waals surface area contributed by atoms with E-state index in [0.29, 0.717) is 13.2 Å². The topological polar surface area (TPSA) is 55.3 Å². The number of hydrogen-bond acceptors (Lipinski definition) is 3. The molecule has 0 aliphatic carbocycles. The van der Waals surface area contributed by atoms with Gasteiger partial charge in [0.1, 0.15) is 19.2 Å².